The lowest BCUT2D eigenvalue weighted by molar-refractivity contribution is -0.385. The second kappa shape index (κ2) is 6.35. The summed E-state index contributed by atoms with van der Waals surface area (Å²) in [6, 6.07) is 6.65. The van der Waals surface area contributed by atoms with E-state index in [1.54, 1.807) is 25.1 Å². The van der Waals surface area contributed by atoms with Crippen molar-refractivity contribution in [1.82, 2.24) is 5.43 Å². The van der Waals surface area contributed by atoms with Gasteiger partial charge in [0.2, 0.25) is 0 Å². The Kier molecular flexibility index (Phi) is 4.52. The number of nitrogens with zero attached hydrogens (tertiary/aromatic N) is 2. The summed E-state index contributed by atoms with van der Waals surface area (Å²) in [5.41, 5.74) is 9.98. The number of hydrazone groups is 1. The molecule has 2 rings (SSSR count). The van der Waals surface area contributed by atoms with Crippen molar-refractivity contribution in [1.29, 1.82) is 0 Å². The fourth-order valence-electron chi connectivity index (χ4n) is 2.00. The number of thiocarbonyl (C=S) groups is 1. The molecule has 0 unspecified atom stereocenters. The van der Waals surface area contributed by atoms with Gasteiger partial charge >= 0.3 is 0 Å². The molecule has 1 aromatic heterocycles. The molecule has 0 aliphatic rings. The van der Waals surface area contributed by atoms with Crippen LogP contribution >= 0.6 is 12.2 Å². The zero-order chi connectivity index (χ0) is 16.3. The van der Waals surface area contributed by atoms with Gasteiger partial charge < -0.3 is 10.2 Å². The van der Waals surface area contributed by atoms with E-state index in [0.29, 0.717) is 17.1 Å². The smallest absolute Gasteiger partial charge is 0.272 e. The van der Waals surface area contributed by atoms with Gasteiger partial charge in [-0.2, -0.15) is 5.10 Å². The molecule has 0 aliphatic carbocycles. The summed E-state index contributed by atoms with van der Waals surface area (Å²) in [6.07, 6.45) is 1.44. The first-order valence-electron chi connectivity index (χ1n) is 6.33. The number of furan rings is 1. The Labute approximate surface area is 132 Å². The van der Waals surface area contributed by atoms with E-state index in [9.17, 15) is 10.1 Å². The van der Waals surface area contributed by atoms with Crippen LogP contribution in [0.4, 0.5) is 5.69 Å². The molecule has 22 heavy (non-hydrogen) atoms. The summed E-state index contributed by atoms with van der Waals surface area (Å²) in [7, 11) is 0. The van der Waals surface area contributed by atoms with Gasteiger partial charge in [-0.3, -0.25) is 15.5 Å². The molecule has 0 aliphatic heterocycles. The largest absolute Gasteiger partial charge is 0.455 e. The van der Waals surface area contributed by atoms with Crippen LogP contribution in [0.1, 0.15) is 16.9 Å². The van der Waals surface area contributed by atoms with Crippen molar-refractivity contribution in [2.75, 3.05) is 0 Å². The van der Waals surface area contributed by atoms with E-state index in [-0.39, 0.29) is 10.8 Å². The van der Waals surface area contributed by atoms with E-state index in [2.05, 4.69) is 22.7 Å². The van der Waals surface area contributed by atoms with Gasteiger partial charge in [-0.1, -0.05) is 0 Å². The van der Waals surface area contributed by atoms with Crippen LogP contribution in [0.15, 0.2) is 33.8 Å². The number of rotatable bonds is 4. The first-order chi connectivity index (χ1) is 10.4. The Bertz CT molecular complexity index is 767. The first-order valence-corrected chi connectivity index (χ1v) is 6.74. The zero-order valence-electron chi connectivity index (χ0n) is 12.0. The normalized spacial score (nSPS) is 10.8. The highest BCUT2D eigenvalue weighted by atomic mass is 32.1. The molecule has 0 saturated heterocycles. The van der Waals surface area contributed by atoms with Gasteiger partial charge in [0.1, 0.15) is 11.5 Å². The highest BCUT2D eigenvalue weighted by molar-refractivity contribution is 7.80. The molecule has 0 radical (unpaired) electrons. The molecule has 0 amide bonds. The highest BCUT2D eigenvalue weighted by Gasteiger charge is 2.16. The van der Waals surface area contributed by atoms with Crippen LogP contribution in [-0.4, -0.2) is 16.3 Å². The molecule has 1 heterocycles. The third-order valence-corrected chi connectivity index (χ3v) is 3.31. The van der Waals surface area contributed by atoms with Gasteiger partial charge in [0.25, 0.3) is 5.69 Å². The molecule has 1 aromatic carbocycles. The van der Waals surface area contributed by atoms with E-state index in [4.69, 9.17) is 10.2 Å². The van der Waals surface area contributed by atoms with Crippen molar-refractivity contribution >= 4 is 29.2 Å². The van der Waals surface area contributed by atoms with Crippen molar-refractivity contribution in [2.45, 2.75) is 13.8 Å². The fraction of sp³-hybridized carbons (Fsp3) is 0.143. The van der Waals surface area contributed by atoms with Crippen LogP contribution < -0.4 is 11.2 Å². The van der Waals surface area contributed by atoms with Gasteiger partial charge in [-0.05, 0) is 49.8 Å². The van der Waals surface area contributed by atoms with Crippen LogP contribution in [0, 0.1) is 24.0 Å². The van der Waals surface area contributed by atoms with Gasteiger partial charge in [0.05, 0.1) is 11.1 Å². The lowest BCUT2D eigenvalue weighted by Crippen LogP contribution is -2.23. The lowest BCUT2D eigenvalue weighted by atomic mass is 10.00. The molecule has 114 valence electrons. The Morgan fingerprint density at radius 2 is 2.09 bits per heavy atom. The molecule has 0 saturated carbocycles. The Morgan fingerprint density at radius 1 is 1.36 bits per heavy atom. The molecule has 3 N–H and O–H groups in total. The Hall–Kier alpha value is -2.74. The number of nitrogens with two attached hydrogens (primary N) is 1. The van der Waals surface area contributed by atoms with Crippen molar-refractivity contribution in [3.63, 3.8) is 0 Å². The second-order valence-electron chi connectivity index (χ2n) is 4.58. The summed E-state index contributed by atoms with van der Waals surface area (Å²) >= 11 is 4.62. The summed E-state index contributed by atoms with van der Waals surface area (Å²) in [4.78, 5) is 10.5. The Morgan fingerprint density at radius 3 is 2.73 bits per heavy atom. The number of benzene rings is 1. The SMILES string of the molecule is Cc1c(-c2ccc(C=NNC(N)=S)o2)ccc([N+](=O)[O-])c1C. The van der Waals surface area contributed by atoms with Crippen LogP contribution in [0.2, 0.25) is 0 Å². The molecule has 0 bridgehead atoms. The van der Waals surface area contributed by atoms with Crippen LogP contribution in [-0.2, 0) is 0 Å². The molecule has 0 atom stereocenters. The van der Waals surface area contributed by atoms with E-state index in [1.165, 1.54) is 12.3 Å². The van der Waals surface area contributed by atoms with E-state index in [1.807, 2.05) is 6.92 Å². The molecule has 8 heteroatoms. The average molecular weight is 318 g/mol. The third kappa shape index (κ3) is 3.29. The fourth-order valence-corrected chi connectivity index (χ4v) is 2.05. The minimum absolute atomic E-state index is 0.0601. The quantitative estimate of drug-likeness (QED) is 0.388. The van der Waals surface area contributed by atoms with Crippen molar-refractivity contribution in [3.8, 4) is 11.3 Å². The lowest BCUT2D eigenvalue weighted by Gasteiger charge is -2.06. The van der Waals surface area contributed by atoms with Crippen LogP contribution in [0.25, 0.3) is 11.3 Å². The van der Waals surface area contributed by atoms with Gasteiger partial charge in [-0.15, -0.1) is 0 Å². The maximum Gasteiger partial charge on any atom is 0.272 e. The number of nitro benzene ring substituents is 1. The third-order valence-electron chi connectivity index (χ3n) is 3.21. The summed E-state index contributed by atoms with van der Waals surface area (Å²) in [6.45, 7) is 3.54. The second-order valence-corrected chi connectivity index (χ2v) is 5.02. The minimum atomic E-state index is -0.395. The molecular weight excluding hydrogens is 304 g/mol. The molecule has 7 nitrogen and oxygen atoms in total. The number of hydrogen-bond acceptors (Lipinski definition) is 5. The van der Waals surface area contributed by atoms with Gasteiger partial charge in [-0.25, -0.2) is 0 Å². The average Bonchev–Trinajstić information content (AvgIpc) is 2.89. The maximum absolute atomic E-state index is 10.9. The zero-order valence-corrected chi connectivity index (χ0v) is 12.8. The van der Waals surface area contributed by atoms with Crippen LogP contribution in [0.5, 0.6) is 0 Å². The van der Waals surface area contributed by atoms with Crippen molar-refractivity contribution in [3.05, 3.63) is 51.3 Å². The minimum Gasteiger partial charge on any atom is -0.455 e. The number of hydrogen-bond donors (Lipinski definition) is 2. The standard InChI is InChI=1S/C14H14N4O3S/c1-8-9(2)12(18(19)20)5-4-11(8)13-6-3-10(21-13)7-16-17-14(15)22/h3-7H,1-2H3,(H3,15,17,22). The first kappa shape index (κ1) is 15.6. The van der Waals surface area contributed by atoms with E-state index >= 15 is 0 Å². The molecule has 0 fully saturated rings. The Balaban J connectivity index is 2.32. The molecule has 0 spiro atoms. The monoisotopic (exact) mass is 318 g/mol. The van der Waals surface area contributed by atoms with E-state index < -0.39 is 4.92 Å². The number of nitro groups is 1. The van der Waals surface area contributed by atoms with Gasteiger partial charge in [0.15, 0.2) is 5.11 Å². The number of nitrogens with one attached hydrogen (secondary N) is 1. The predicted octanol–water partition coefficient (Wildman–Crippen LogP) is 2.64. The molecule has 2 aromatic rings. The summed E-state index contributed by atoms with van der Waals surface area (Å²) < 4.78 is 5.64. The summed E-state index contributed by atoms with van der Waals surface area (Å²) in [5.74, 6) is 1.11. The molecular formula is C14H14N4O3S. The summed E-state index contributed by atoms with van der Waals surface area (Å²) in [5, 5.41) is 14.8. The van der Waals surface area contributed by atoms with E-state index in [0.717, 1.165) is 11.1 Å². The van der Waals surface area contributed by atoms with Crippen LogP contribution in [0.3, 0.4) is 0 Å². The predicted molar refractivity (Wildman–Crippen MR) is 87.8 cm³/mol. The van der Waals surface area contributed by atoms with Crippen molar-refractivity contribution < 1.29 is 9.34 Å². The topological polar surface area (TPSA) is 107 Å². The highest BCUT2D eigenvalue weighted by Crippen LogP contribution is 2.31. The van der Waals surface area contributed by atoms with Crippen molar-refractivity contribution in [2.24, 2.45) is 10.8 Å². The maximum atomic E-state index is 10.9. The van der Waals surface area contributed by atoms with Gasteiger partial charge in [0, 0.05) is 17.2 Å².